The van der Waals surface area contributed by atoms with Gasteiger partial charge in [0.25, 0.3) is 10.1 Å². The predicted molar refractivity (Wildman–Crippen MR) is 49.2 cm³/mol. The molecule has 0 rings (SSSR count). The third kappa shape index (κ3) is 13.7. The quantitative estimate of drug-likeness (QED) is 0.468. The van der Waals surface area contributed by atoms with E-state index in [2.05, 4.69) is 19.6 Å². The molecule has 0 unspecified atom stereocenters. The van der Waals surface area contributed by atoms with E-state index in [1.807, 2.05) is 0 Å². The molecule has 12 heavy (non-hydrogen) atoms. The number of rotatable bonds is 4. The van der Waals surface area contributed by atoms with E-state index in [4.69, 9.17) is 4.55 Å². The van der Waals surface area contributed by atoms with Crippen LogP contribution < -0.4 is 29.6 Å². The van der Waals surface area contributed by atoms with Crippen LogP contribution in [0.1, 0.15) is 6.42 Å². The molecule has 0 atom stereocenters. The van der Waals surface area contributed by atoms with Gasteiger partial charge in [0, 0.05) is 8.07 Å². The maximum atomic E-state index is 10.3. The summed E-state index contributed by atoms with van der Waals surface area (Å²) < 4.78 is 29.0. The van der Waals surface area contributed by atoms with Crippen molar-refractivity contribution >= 4 is 18.2 Å². The van der Waals surface area contributed by atoms with Crippen molar-refractivity contribution < 1.29 is 42.5 Å². The van der Waals surface area contributed by atoms with Crippen molar-refractivity contribution in [2.24, 2.45) is 0 Å². The first-order valence-electron chi connectivity index (χ1n) is 3.66. The molecular weight excluding hydrogens is 203 g/mol. The van der Waals surface area contributed by atoms with E-state index in [9.17, 15) is 8.42 Å². The summed E-state index contributed by atoms with van der Waals surface area (Å²) in [6.45, 7) is 6.53. The van der Waals surface area contributed by atoms with Gasteiger partial charge in [0.1, 0.15) is 0 Å². The Morgan fingerprint density at radius 3 is 1.92 bits per heavy atom. The molecule has 1 N–H and O–H groups in total. The van der Waals surface area contributed by atoms with Crippen molar-refractivity contribution in [1.29, 1.82) is 0 Å². The van der Waals surface area contributed by atoms with Crippen molar-refractivity contribution in [3.8, 4) is 0 Å². The van der Waals surface area contributed by atoms with Crippen LogP contribution in [0.4, 0.5) is 0 Å². The zero-order valence-corrected chi connectivity index (χ0v) is 12.1. The minimum Gasteiger partial charge on any atom is -0.286 e. The molecule has 0 aromatic heterocycles. The van der Waals surface area contributed by atoms with Gasteiger partial charge in [-0.3, -0.25) is 4.55 Å². The second-order valence-electron chi connectivity index (χ2n) is 3.95. The van der Waals surface area contributed by atoms with E-state index < -0.39 is 18.2 Å². The van der Waals surface area contributed by atoms with Gasteiger partial charge in [-0.1, -0.05) is 25.7 Å². The Balaban J connectivity index is 0. The Morgan fingerprint density at radius 1 is 1.25 bits per heavy atom. The molecule has 0 saturated carbocycles. The summed E-state index contributed by atoms with van der Waals surface area (Å²) in [7, 11) is -4.86. The maximum Gasteiger partial charge on any atom is 1.00 e. The maximum absolute atomic E-state index is 10.3. The van der Waals surface area contributed by atoms with Gasteiger partial charge in [0.05, 0.1) is 5.75 Å². The molecule has 0 bridgehead atoms. The molecule has 0 aliphatic carbocycles. The van der Waals surface area contributed by atoms with Crippen LogP contribution in [0.3, 0.4) is 0 Å². The summed E-state index contributed by atoms with van der Waals surface area (Å²) in [5, 5.41) is 0. The first-order valence-corrected chi connectivity index (χ1v) is 8.97. The molecule has 0 heterocycles. The molecule has 0 amide bonds. The Kier molecular flexibility index (Phi) is 7.50. The van der Waals surface area contributed by atoms with Gasteiger partial charge in [0.2, 0.25) is 0 Å². The molecular formula is C6H16NaO3SSi+. The van der Waals surface area contributed by atoms with E-state index in [-0.39, 0.29) is 35.3 Å². The van der Waals surface area contributed by atoms with Crippen LogP contribution in [0.5, 0.6) is 0 Å². The third-order valence-corrected chi connectivity index (χ3v) is 3.99. The normalized spacial score (nSPS) is 12.3. The van der Waals surface area contributed by atoms with Crippen LogP contribution in [-0.4, -0.2) is 26.8 Å². The molecule has 68 valence electrons. The summed E-state index contributed by atoms with van der Waals surface area (Å²) in [6, 6.07) is 0.951. The van der Waals surface area contributed by atoms with Crippen molar-refractivity contribution in [2.75, 3.05) is 5.75 Å². The number of hydrogen-bond donors (Lipinski definition) is 1. The van der Waals surface area contributed by atoms with E-state index in [0.717, 1.165) is 6.04 Å². The predicted octanol–water partition coefficient (Wildman–Crippen LogP) is -1.39. The fourth-order valence-electron chi connectivity index (χ4n) is 0.785. The molecule has 0 aromatic carbocycles. The zero-order chi connectivity index (χ0) is 9.12. The molecule has 0 saturated heterocycles. The van der Waals surface area contributed by atoms with Crippen LogP contribution in [0.25, 0.3) is 0 Å². The SMILES string of the molecule is C[Si](C)(C)CCCS(=O)(=O)O.[Na+]. The monoisotopic (exact) mass is 219 g/mol. The van der Waals surface area contributed by atoms with Gasteiger partial charge in [-0.15, -0.1) is 0 Å². The van der Waals surface area contributed by atoms with Crippen LogP contribution in [0.2, 0.25) is 25.7 Å². The summed E-state index contributed by atoms with van der Waals surface area (Å²) in [4.78, 5) is 0. The van der Waals surface area contributed by atoms with Gasteiger partial charge < -0.3 is 0 Å². The summed E-state index contributed by atoms with van der Waals surface area (Å²) in [6.07, 6.45) is 0.592. The van der Waals surface area contributed by atoms with E-state index in [0.29, 0.717) is 6.42 Å². The van der Waals surface area contributed by atoms with Crippen LogP contribution in [0, 0.1) is 0 Å². The van der Waals surface area contributed by atoms with Crippen molar-refractivity contribution in [3.63, 3.8) is 0 Å². The Morgan fingerprint density at radius 2 is 1.67 bits per heavy atom. The second kappa shape index (κ2) is 5.77. The van der Waals surface area contributed by atoms with Crippen LogP contribution in [0.15, 0.2) is 0 Å². The molecule has 6 heteroatoms. The van der Waals surface area contributed by atoms with Gasteiger partial charge >= 0.3 is 29.6 Å². The Bertz CT molecular complexity index is 207. The van der Waals surface area contributed by atoms with Crippen molar-refractivity contribution in [3.05, 3.63) is 0 Å². The molecule has 0 aliphatic rings. The van der Waals surface area contributed by atoms with Crippen molar-refractivity contribution in [2.45, 2.75) is 32.1 Å². The molecule has 0 fully saturated rings. The molecule has 0 aliphatic heterocycles. The summed E-state index contributed by atoms with van der Waals surface area (Å²) in [5.41, 5.74) is 0. The number of hydrogen-bond acceptors (Lipinski definition) is 2. The summed E-state index contributed by atoms with van der Waals surface area (Å²) >= 11 is 0. The van der Waals surface area contributed by atoms with Crippen molar-refractivity contribution in [1.82, 2.24) is 0 Å². The standard InChI is InChI=1S/C6H16O3SSi.Na/c1-11(2,3)6-4-5-10(7,8)9;/h4-6H2,1-3H3,(H,7,8,9);/q;+1. The van der Waals surface area contributed by atoms with Crippen LogP contribution >= 0.6 is 0 Å². The second-order valence-corrected chi connectivity index (χ2v) is 11.1. The minimum atomic E-state index is -3.72. The van der Waals surface area contributed by atoms with E-state index >= 15 is 0 Å². The molecule has 0 spiro atoms. The minimum absolute atomic E-state index is 0. The van der Waals surface area contributed by atoms with Gasteiger partial charge in [-0.25, -0.2) is 0 Å². The Hall–Kier alpha value is 1.13. The fraction of sp³-hybridized carbons (Fsp3) is 1.00. The zero-order valence-electron chi connectivity index (χ0n) is 8.29. The average Bonchev–Trinajstić information content (AvgIpc) is 1.55. The average molecular weight is 219 g/mol. The van der Waals surface area contributed by atoms with Gasteiger partial charge in [0.15, 0.2) is 0 Å². The molecule has 0 aromatic rings. The fourth-order valence-corrected chi connectivity index (χ4v) is 2.79. The topological polar surface area (TPSA) is 54.4 Å². The smallest absolute Gasteiger partial charge is 0.286 e. The third-order valence-electron chi connectivity index (χ3n) is 1.33. The van der Waals surface area contributed by atoms with Gasteiger partial charge in [-0.05, 0) is 6.42 Å². The van der Waals surface area contributed by atoms with Gasteiger partial charge in [-0.2, -0.15) is 8.42 Å². The summed E-state index contributed by atoms with van der Waals surface area (Å²) in [5.74, 6) is -0.0860. The van der Waals surface area contributed by atoms with E-state index in [1.165, 1.54) is 0 Å². The van der Waals surface area contributed by atoms with Crippen LogP contribution in [-0.2, 0) is 10.1 Å². The first-order chi connectivity index (χ1) is 4.71. The molecule has 0 radical (unpaired) electrons. The van der Waals surface area contributed by atoms with E-state index in [1.54, 1.807) is 0 Å². The first kappa shape index (κ1) is 15.6. The Labute approximate surface area is 98.0 Å². The molecule has 3 nitrogen and oxygen atoms in total. The largest absolute Gasteiger partial charge is 1.00 e.